The zero-order valence-electron chi connectivity index (χ0n) is 28.2. The summed E-state index contributed by atoms with van der Waals surface area (Å²) in [5.74, 6) is 0. The second kappa shape index (κ2) is 17.3. The van der Waals surface area contributed by atoms with Crippen molar-refractivity contribution >= 4 is 24.4 Å². The first-order valence-electron chi connectivity index (χ1n) is 14.9. The molecule has 12 heteroatoms. The Balaban J connectivity index is 5.01. The van der Waals surface area contributed by atoms with Crippen LogP contribution in [0.4, 0.5) is 19.2 Å². The Morgan fingerprint density at radius 3 is 0.976 bits per heavy atom. The van der Waals surface area contributed by atoms with E-state index in [1.807, 2.05) is 41.5 Å². The molecule has 0 fully saturated rings. The van der Waals surface area contributed by atoms with E-state index in [4.69, 9.17) is 18.9 Å². The summed E-state index contributed by atoms with van der Waals surface area (Å²) in [6.45, 7) is 23.9. The highest BCUT2D eigenvalue weighted by Crippen LogP contribution is 2.14. The highest BCUT2D eigenvalue weighted by molar-refractivity contribution is 5.69. The van der Waals surface area contributed by atoms with E-state index >= 15 is 0 Å². The summed E-state index contributed by atoms with van der Waals surface area (Å²) >= 11 is 0. The molecule has 0 aliphatic heterocycles. The number of hydrogen-bond donors (Lipinski definition) is 2. The van der Waals surface area contributed by atoms with Gasteiger partial charge < -0.3 is 39.4 Å². The molecule has 0 rings (SSSR count). The number of carbonyl (C=O) groups excluding carboxylic acids is 4. The molecule has 0 radical (unpaired) electrons. The number of hydrogen-bond acceptors (Lipinski definition) is 8. The van der Waals surface area contributed by atoms with E-state index in [1.165, 1.54) is 0 Å². The Bertz CT molecular complexity index is 781. The largest absolute Gasteiger partial charge is 0.444 e. The monoisotopic (exact) mass is 602 g/mol. The molecule has 0 bridgehead atoms. The van der Waals surface area contributed by atoms with Crippen molar-refractivity contribution in [2.45, 2.75) is 131 Å². The Morgan fingerprint density at radius 2 is 0.714 bits per heavy atom. The smallest absolute Gasteiger partial charge is 0.410 e. The number of nitrogens with zero attached hydrogens (tertiary/aromatic N) is 2. The Kier molecular flexibility index (Phi) is 16.1. The molecule has 0 atom stereocenters. The molecule has 42 heavy (non-hydrogen) atoms. The van der Waals surface area contributed by atoms with Crippen LogP contribution >= 0.6 is 0 Å². The van der Waals surface area contributed by atoms with Gasteiger partial charge in [-0.15, -0.1) is 0 Å². The quantitative estimate of drug-likeness (QED) is 0.192. The van der Waals surface area contributed by atoms with E-state index in [-0.39, 0.29) is 0 Å². The Morgan fingerprint density at radius 1 is 0.452 bits per heavy atom. The Hall–Kier alpha value is -2.92. The molecule has 0 aliphatic rings. The van der Waals surface area contributed by atoms with E-state index in [0.29, 0.717) is 65.0 Å². The molecule has 2 N–H and O–H groups in total. The fraction of sp³-hybridized carbons (Fsp3) is 0.867. The first kappa shape index (κ1) is 39.1. The van der Waals surface area contributed by atoms with Crippen molar-refractivity contribution in [3.05, 3.63) is 0 Å². The standard InChI is InChI=1S/C30H58N4O8/c1-27(2,3)39-23(35)31-17-15-21-33(25(37)41-29(7,8)9)19-13-14-20-34(26(38)42-30(10,11)12)22-16-18-32-24(36)40-28(4,5)6/h13-22H2,1-12H3,(H,31,35)(H,32,36). The van der Waals surface area contributed by atoms with Crippen molar-refractivity contribution in [2.24, 2.45) is 0 Å². The van der Waals surface area contributed by atoms with Crippen molar-refractivity contribution in [3.63, 3.8) is 0 Å². The fourth-order valence-electron chi connectivity index (χ4n) is 3.40. The minimum atomic E-state index is -0.648. The third-order valence-electron chi connectivity index (χ3n) is 4.96. The lowest BCUT2D eigenvalue weighted by molar-refractivity contribution is 0.0206. The zero-order valence-corrected chi connectivity index (χ0v) is 28.2. The number of unbranched alkanes of at least 4 members (excludes halogenated alkanes) is 1. The number of carbonyl (C=O) groups is 4. The average Bonchev–Trinajstić information content (AvgIpc) is 2.74. The minimum Gasteiger partial charge on any atom is -0.444 e. The van der Waals surface area contributed by atoms with Crippen LogP contribution < -0.4 is 10.6 Å². The van der Waals surface area contributed by atoms with Gasteiger partial charge >= 0.3 is 24.4 Å². The molecule has 0 aliphatic carbocycles. The molecular weight excluding hydrogens is 544 g/mol. The van der Waals surface area contributed by atoms with Crippen molar-refractivity contribution in [1.82, 2.24) is 20.4 Å². The van der Waals surface area contributed by atoms with Crippen molar-refractivity contribution in [1.29, 1.82) is 0 Å². The summed E-state index contributed by atoms with van der Waals surface area (Å²) in [4.78, 5) is 52.8. The van der Waals surface area contributed by atoms with Gasteiger partial charge in [0, 0.05) is 39.3 Å². The third kappa shape index (κ3) is 22.7. The van der Waals surface area contributed by atoms with Gasteiger partial charge in [-0.1, -0.05) is 0 Å². The summed E-state index contributed by atoms with van der Waals surface area (Å²) in [7, 11) is 0. The van der Waals surface area contributed by atoms with Crippen LogP contribution in [0.2, 0.25) is 0 Å². The highest BCUT2D eigenvalue weighted by Gasteiger charge is 2.24. The molecule has 0 spiro atoms. The number of nitrogens with one attached hydrogen (secondary N) is 2. The third-order valence-corrected chi connectivity index (χ3v) is 4.96. The van der Waals surface area contributed by atoms with Gasteiger partial charge in [-0.05, 0) is 109 Å². The van der Waals surface area contributed by atoms with E-state index in [2.05, 4.69) is 10.6 Å². The number of amides is 4. The molecule has 0 aromatic carbocycles. The Labute approximate surface area is 253 Å². The summed E-state index contributed by atoms with van der Waals surface area (Å²) in [5.41, 5.74) is -2.47. The van der Waals surface area contributed by atoms with Crippen LogP contribution in [-0.4, -0.2) is 95.8 Å². The average molecular weight is 603 g/mol. The van der Waals surface area contributed by atoms with Crippen LogP contribution in [0.25, 0.3) is 0 Å². The second-order valence-corrected chi connectivity index (χ2v) is 14.2. The van der Waals surface area contributed by atoms with Gasteiger partial charge in [0.25, 0.3) is 0 Å². The van der Waals surface area contributed by atoms with Gasteiger partial charge in [0.1, 0.15) is 22.4 Å². The summed E-state index contributed by atoms with van der Waals surface area (Å²) in [5, 5.41) is 5.41. The first-order valence-corrected chi connectivity index (χ1v) is 14.9. The predicted molar refractivity (Wildman–Crippen MR) is 163 cm³/mol. The molecule has 0 heterocycles. The van der Waals surface area contributed by atoms with Gasteiger partial charge in [0.2, 0.25) is 0 Å². The molecule has 4 amide bonds. The number of rotatable bonds is 13. The lowest BCUT2D eigenvalue weighted by atomic mass is 10.2. The van der Waals surface area contributed by atoms with Crippen LogP contribution in [0.5, 0.6) is 0 Å². The SMILES string of the molecule is CC(C)(C)OC(=O)NCCCN(CCCCN(CCCNC(=O)OC(C)(C)C)C(=O)OC(C)(C)C)C(=O)OC(C)(C)C. The van der Waals surface area contributed by atoms with E-state index in [0.717, 1.165) is 0 Å². The minimum absolute atomic E-state index is 0.345. The number of ether oxygens (including phenoxy) is 4. The molecule has 0 aromatic rings. The zero-order chi connectivity index (χ0) is 32.8. The predicted octanol–water partition coefficient (Wildman–Crippen LogP) is 6.07. The van der Waals surface area contributed by atoms with E-state index < -0.39 is 46.8 Å². The van der Waals surface area contributed by atoms with Gasteiger partial charge in [-0.2, -0.15) is 0 Å². The molecule has 0 unspecified atom stereocenters. The van der Waals surface area contributed by atoms with Crippen LogP contribution in [0, 0.1) is 0 Å². The molecule has 246 valence electrons. The van der Waals surface area contributed by atoms with Gasteiger partial charge in [0.05, 0.1) is 0 Å². The van der Waals surface area contributed by atoms with Crippen LogP contribution in [0.15, 0.2) is 0 Å². The maximum atomic E-state index is 12.8. The number of alkyl carbamates (subject to hydrolysis) is 2. The molecule has 0 saturated heterocycles. The van der Waals surface area contributed by atoms with E-state index in [9.17, 15) is 19.2 Å². The molecule has 0 saturated carbocycles. The normalized spacial score (nSPS) is 12.2. The second-order valence-electron chi connectivity index (χ2n) is 14.2. The van der Waals surface area contributed by atoms with Gasteiger partial charge in [-0.3, -0.25) is 0 Å². The van der Waals surface area contributed by atoms with Gasteiger partial charge in [0.15, 0.2) is 0 Å². The van der Waals surface area contributed by atoms with E-state index in [1.54, 1.807) is 51.3 Å². The fourth-order valence-corrected chi connectivity index (χ4v) is 3.40. The molecule has 12 nitrogen and oxygen atoms in total. The molecule has 0 aromatic heterocycles. The maximum Gasteiger partial charge on any atom is 0.410 e. The van der Waals surface area contributed by atoms with Crippen molar-refractivity contribution < 1.29 is 38.1 Å². The van der Waals surface area contributed by atoms with Crippen LogP contribution in [0.3, 0.4) is 0 Å². The maximum absolute atomic E-state index is 12.8. The summed E-state index contributed by atoms with van der Waals surface area (Å²) in [6, 6.07) is 0. The lowest BCUT2D eigenvalue weighted by Crippen LogP contribution is -2.41. The van der Waals surface area contributed by atoms with Crippen LogP contribution in [0.1, 0.15) is 109 Å². The highest BCUT2D eigenvalue weighted by atomic mass is 16.6. The van der Waals surface area contributed by atoms with Gasteiger partial charge in [-0.25, -0.2) is 19.2 Å². The summed E-state index contributed by atoms with van der Waals surface area (Å²) in [6.07, 6.45) is 0.404. The topological polar surface area (TPSA) is 136 Å². The lowest BCUT2D eigenvalue weighted by Gasteiger charge is -2.29. The first-order chi connectivity index (χ1) is 19.0. The van der Waals surface area contributed by atoms with Crippen molar-refractivity contribution in [2.75, 3.05) is 39.3 Å². The molecular formula is C30H58N4O8. The van der Waals surface area contributed by atoms with Crippen LogP contribution in [-0.2, 0) is 18.9 Å². The van der Waals surface area contributed by atoms with Crippen molar-refractivity contribution in [3.8, 4) is 0 Å². The summed E-state index contributed by atoms with van der Waals surface area (Å²) < 4.78 is 21.7.